The first-order valence-corrected chi connectivity index (χ1v) is 15.7. The first-order valence-electron chi connectivity index (χ1n) is 14.3. The minimum absolute atomic E-state index is 0.299. The van der Waals surface area contributed by atoms with E-state index in [-0.39, 0.29) is 11.8 Å². The predicted octanol–water partition coefficient (Wildman–Crippen LogP) is 7.26. The highest BCUT2D eigenvalue weighted by atomic mass is 32.2. The third-order valence-corrected chi connectivity index (χ3v) is 8.18. The molecule has 0 radical (unpaired) electrons. The van der Waals surface area contributed by atoms with Crippen LogP contribution in [-0.2, 0) is 14.3 Å². The lowest BCUT2D eigenvalue weighted by Crippen LogP contribution is -2.59. The maximum absolute atomic E-state index is 14.6. The van der Waals surface area contributed by atoms with Crippen LogP contribution in [0.1, 0.15) is 88.2 Å². The minimum Gasteiger partial charge on any atom is -0.444 e. The Kier molecular flexibility index (Phi) is 11.9. The summed E-state index contributed by atoms with van der Waals surface area (Å²) in [6.07, 6.45) is 2.29. The number of anilines is 1. The summed E-state index contributed by atoms with van der Waals surface area (Å²) in [7, 11) is 0. The van der Waals surface area contributed by atoms with Gasteiger partial charge >= 0.3 is 6.09 Å². The second kappa shape index (κ2) is 14.3. The van der Waals surface area contributed by atoms with E-state index >= 15 is 0 Å². The normalized spacial score (nSPS) is 13.2. The van der Waals surface area contributed by atoms with E-state index in [0.717, 1.165) is 33.5 Å². The number of alkyl carbamates (subject to hydrolysis) is 1. The third kappa shape index (κ3) is 8.99. The summed E-state index contributed by atoms with van der Waals surface area (Å²) in [5.41, 5.74) is 3.91. The van der Waals surface area contributed by atoms with Gasteiger partial charge in [0.2, 0.25) is 5.91 Å². The average molecular weight is 584 g/mol. The zero-order chi connectivity index (χ0) is 31.1. The van der Waals surface area contributed by atoms with E-state index in [9.17, 15) is 14.4 Å². The molecule has 0 aromatic heterocycles. The summed E-state index contributed by atoms with van der Waals surface area (Å²) in [6.45, 7) is 19.2. The van der Waals surface area contributed by atoms with Crippen molar-refractivity contribution in [1.82, 2.24) is 10.2 Å². The van der Waals surface area contributed by atoms with Crippen LogP contribution in [-0.4, -0.2) is 52.0 Å². The number of aryl methyl sites for hydroxylation is 3. The minimum atomic E-state index is -0.937. The largest absolute Gasteiger partial charge is 0.444 e. The van der Waals surface area contributed by atoms with Crippen molar-refractivity contribution in [2.45, 2.75) is 105 Å². The number of hydrogen-bond acceptors (Lipinski definition) is 5. The number of ether oxygens (including phenoxy) is 1. The Balaban J connectivity index is 2.73. The standard InChI is InChI=1S/C33H49N3O4S/c1-12-33(9,10)36(30(38)26(19-20-41-11)34-31(39)40-32(6,7)8)28(25-18-14-15-21(2)24(25)5)29(37)35-27-22(3)16-13-17-23(27)4/h13-18,26,28H,12,19-20H2,1-11H3,(H,34,39)(H,35,37). The molecule has 226 valence electrons. The number of nitrogens with zero attached hydrogens (tertiary/aromatic N) is 1. The molecule has 0 heterocycles. The summed E-state index contributed by atoms with van der Waals surface area (Å²) >= 11 is 1.59. The van der Waals surface area contributed by atoms with Crippen LogP contribution < -0.4 is 10.6 Å². The first-order chi connectivity index (χ1) is 19.0. The van der Waals surface area contributed by atoms with Crippen LogP contribution in [0.2, 0.25) is 0 Å². The molecule has 2 atom stereocenters. The molecule has 0 fully saturated rings. The van der Waals surface area contributed by atoms with Crippen molar-refractivity contribution in [3.8, 4) is 0 Å². The van der Waals surface area contributed by atoms with E-state index in [2.05, 4.69) is 10.6 Å². The van der Waals surface area contributed by atoms with Gasteiger partial charge in [0.25, 0.3) is 5.91 Å². The maximum atomic E-state index is 14.6. The Labute approximate surface area is 251 Å². The molecule has 2 rings (SSSR count). The molecule has 41 heavy (non-hydrogen) atoms. The number of para-hydroxylation sites is 1. The second-order valence-electron chi connectivity index (χ2n) is 12.3. The SMILES string of the molecule is CCC(C)(C)N(C(=O)C(CCSC)NC(=O)OC(C)(C)C)C(C(=O)Nc1c(C)cccc1C)c1cccc(C)c1C. The zero-order valence-electron chi connectivity index (χ0n) is 26.7. The fourth-order valence-electron chi connectivity index (χ4n) is 4.73. The monoisotopic (exact) mass is 583 g/mol. The predicted molar refractivity (Wildman–Crippen MR) is 171 cm³/mol. The molecule has 0 saturated heterocycles. The van der Waals surface area contributed by atoms with Gasteiger partial charge in [-0.15, -0.1) is 0 Å². The molecule has 0 aliphatic heterocycles. The van der Waals surface area contributed by atoms with Crippen LogP contribution in [0.3, 0.4) is 0 Å². The van der Waals surface area contributed by atoms with Crippen molar-refractivity contribution in [3.63, 3.8) is 0 Å². The highest BCUT2D eigenvalue weighted by Crippen LogP contribution is 2.36. The van der Waals surface area contributed by atoms with Gasteiger partial charge in [0, 0.05) is 11.2 Å². The fourth-order valence-corrected chi connectivity index (χ4v) is 5.20. The van der Waals surface area contributed by atoms with Crippen molar-refractivity contribution in [2.75, 3.05) is 17.3 Å². The van der Waals surface area contributed by atoms with E-state index < -0.39 is 29.3 Å². The number of benzene rings is 2. The number of nitrogens with one attached hydrogen (secondary N) is 2. The lowest BCUT2D eigenvalue weighted by atomic mass is 9.89. The van der Waals surface area contributed by atoms with Crippen LogP contribution in [0, 0.1) is 27.7 Å². The number of carbonyl (C=O) groups excluding carboxylic acids is 3. The number of hydrogen-bond donors (Lipinski definition) is 2. The van der Waals surface area contributed by atoms with Crippen molar-refractivity contribution in [2.24, 2.45) is 0 Å². The molecule has 8 heteroatoms. The van der Waals surface area contributed by atoms with Gasteiger partial charge in [-0.25, -0.2) is 4.79 Å². The van der Waals surface area contributed by atoms with Gasteiger partial charge in [0.15, 0.2) is 0 Å². The summed E-state index contributed by atoms with van der Waals surface area (Å²) in [4.78, 5) is 43.6. The van der Waals surface area contributed by atoms with Gasteiger partial charge < -0.3 is 20.3 Å². The van der Waals surface area contributed by atoms with Gasteiger partial charge in [-0.2, -0.15) is 11.8 Å². The lowest BCUT2D eigenvalue weighted by Gasteiger charge is -2.45. The van der Waals surface area contributed by atoms with Crippen LogP contribution in [0.25, 0.3) is 0 Å². The van der Waals surface area contributed by atoms with Crippen LogP contribution >= 0.6 is 11.8 Å². The highest BCUT2D eigenvalue weighted by molar-refractivity contribution is 7.98. The van der Waals surface area contributed by atoms with Gasteiger partial charge in [0.1, 0.15) is 17.7 Å². The highest BCUT2D eigenvalue weighted by Gasteiger charge is 2.43. The van der Waals surface area contributed by atoms with Crippen LogP contribution in [0.4, 0.5) is 10.5 Å². The van der Waals surface area contributed by atoms with E-state index in [1.807, 2.05) is 91.1 Å². The van der Waals surface area contributed by atoms with Crippen LogP contribution in [0.15, 0.2) is 36.4 Å². The quantitative estimate of drug-likeness (QED) is 0.291. The van der Waals surface area contributed by atoms with Gasteiger partial charge in [-0.05, 0) is 115 Å². The second-order valence-corrected chi connectivity index (χ2v) is 13.3. The Hall–Kier alpha value is -3.00. The van der Waals surface area contributed by atoms with Gasteiger partial charge in [0.05, 0.1) is 0 Å². The number of thioether (sulfide) groups is 1. The molecule has 2 aromatic carbocycles. The molecule has 0 spiro atoms. The molecule has 3 amide bonds. The van der Waals surface area contributed by atoms with Gasteiger partial charge in [-0.1, -0.05) is 43.3 Å². The zero-order valence-corrected chi connectivity index (χ0v) is 27.5. The van der Waals surface area contributed by atoms with E-state index in [0.29, 0.717) is 18.6 Å². The number of rotatable bonds is 11. The summed E-state index contributed by atoms with van der Waals surface area (Å²) < 4.78 is 5.52. The Morgan fingerprint density at radius 1 is 0.927 bits per heavy atom. The van der Waals surface area contributed by atoms with Crippen molar-refractivity contribution in [1.29, 1.82) is 0 Å². The molecule has 0 aliphatic rings. The molecule has 7 nitrogen and oxygen atoms in total. The van der Waals surface area contributed by atoms with E-state index in [1.54, 1.807) is 37.4 Å². The molecular weight excluding hydrogens is 534 g/mol. The maximum Gasteiger partial charge on any atom is 0.408 e. The van der Waals surface area contributed by atoms with Crippen molar-refractivity contribution >= 4 is 35.4 Å². The van der Waals surface area contributed by atoms with E-state index in [4.69, 9.17) is 4.74 Å². The molecule has 0 saturated carbocycles. The number of amides is 3. The summed E-state index contributed by atoms with van der Waals surface area (Å²) in [6, 6.07) is 9.90. The topological polar surface area (TPSA) is 87.7 Å². The number of carbonyl (C=O) groups is 3. The lowest BCUT2D eigenvalue weighted by molar-refractivity contribution is -0.147. The smallest absolute Gasteiger partial charge is 0.408 e. The molecule has 0 bridgehead atoms. The average Bonchev–Trinajstić information content (AvgIpc) is 2.87. The molecule has 2 aromatic rings. The van der Waals surface area contributed by atoms with Crippen LogP contribution in [0.5, 0.6) is 0 Å². The molecule has 0 aliphatic carbocycles. The van der Waals surface area contributed by atoms with Crippen molar-refractivity contribution in [3.05, 3.63) is 64.2 Å². The Morgan fingerprint density at radius 2 is 1.49 bits per heavy atom. The first kappa shape index (κ1) is 34.2. The summed E-state index contributed by atoms with van der Waals surface area (Å²) in [5.74, 6) is 0.0289. The Bertz CT molecular complexity index is 1220. The molecule has 2 N–H and O–H groups in total. The van der Waals surface area contributed by atoms with Crippen molar-refractivity contribution < 1.29 is 19.1 Å². The van der Waals surface area contributed by atoms with Gasteiger partial charge in [-0.3, -0.25) is 9.59 Å². The Morgan fingerprint density at radius 3 is 2.02 bits per heavy atom. The molecular formula is C33H49N3O4S. The molecule has 2 unspecified atom stereocenters. The fraction of sp³-hybridized carbons (Fsp3) is 0.545. The summed E-state index contributed by atoms with van der Waals surface area (Å²) in [5, 5.41) is 5.99. The van der Waals surface area contributed by atoms with E-state index in [1.165, 1.54) is 0 Å². The third-order valence-electron chi connectivity index (χ3n) is 7.53.